The summed E-state index contributed by atoms with van der Waals surface area (Å²) in [5.74, 6) is -0.123. The molecular weight excluding hydrogens is 418 g/mol. The lowest BCUT2D eigenvalue weighted by molar-refractivity contribution is 0.0955. The zero-order chi connectivity index (χ0) is 19.9. The third-order valence-corrected chi connectivity index (χ3v) is 5.46. The predicted molar refractivity (Wildman–Crippen MR) is 114 cm³/mol. The van der Waals surface area contributed by atoms with Crippen LogP contribution in [0.3, 0.4) is 0 Å². The molecule has 0 unspecified atom stereocenters. The molecule has 1 N–H and O–H groups in total. The molecule has 0 atom stereocenters. The maximum absolute atomic E-state index is 13.7. The van der Waals surface area contributed by atoms with Crippen LogP contribution in [0, 0.1) is 5.82 Å². The van der Waals surface area contributed by atoms with Crippen LogP contribution < -0.4 is 5.43 Å². The lowest BCUT2D eigenvalue weighted by Gasteiger charge is -2.04. The van der Waals surface area contributed by atoms with Gasteiger partial charge in [0.05, 0.1) is 11.2 Å². The van der Waals surface area contributed by atoms with Gasteiger partial charge in [-0.25, -0.2) is 9.82 Å². The molecule has 28 heavy (non-hydrogen) atoms. The maximum Gasteiger partial charge on any atom is 0.271 e. The van der Waals surface area contributed by atoms with Crippen LogP contribution in [-0.4, -0.2) is 12.1 Å². The Balaban J connectivity index is 1.56. The molecule has 0 radical (unpaired) electrons. The van der Waals surface area contributed by atoms with Crippen LogP contribution in [0.4, 0.5) is 4.39 Å². The molecule has 3 nitrogen and oxygen atoms in total. The Morgan fingerprint density at radius 1 is 1.04 bits per heavy atom. The Hall–Kier alpha value is -2.34. The molecule has 0 aromatic heterocycles. The molecule has 0 spiro atoms. The van der Waals surface area contributed by atoms with Crippen molar-refractivity contribution >= 4 is 47.1 Å². The highest BCUT2D eigenvalue weighted by Crippen LogP contribution is 2.24. The fraction of sp³-hybridized carbons (Fsp3) is 0.0476. The monoisotopic (exact) mass is 432 g/mol. The Morgan fingerprint density at radius 3 is 2.43 bits per heavy atom. The summed E-state index contributed by atoms with van der Waals surface area (Å²) >= 11 is 13.5. The van der Waals surface area contributed by atoms with Gasteiger partial charge >= 0.3 is 0 Å². The predicted octanol–water partition coefficient (Wildman–Crippen LogP) is 6.19. The largest absolute Gasteiger partial charge is 0.271 e. The minimum absolute atomic E-state index is 0.124. The first-order valence-electron chi connectivity index (χ1n) is 8.27. The van der Waals surface area contributed by atoms with Gasteiger partial charge in [0.25, 0.3) is 5.91 Å². The summed E-state index contributed by atoms with van der Waals surface area (Å²) in [5, 5.41) is 4.71. The van der Waals surface area contributed by atoms with Crippen molar-refractivity contribution in [1.29, 1.82) is 0 Å². The second kappa shape index (κ2) is 9.73. The molecule has 0 bridgehead atoms. The molecule has 1 amide bonds. The highest BCUT2D eigenvalue weighted by atomic mass is 35.5. The van der Waals surface area contributed by atoms with Gasteiger partial charge in [-0.15, -0.1) is 11.8 Å². The first kappa shape index (κ1) is 20.4. The zero-order valence-electron chi connectivity index (χ0n) is 14.5. The number of nitrogens with one attached hydrogen (secondary N) is 1. The first-order valence-corrected chi connectivity index (χ1v) is 10.0. The normalized spacial score (nSPS) is 11.0. The van der Waals surface area contributed by atoms with Gasteiger partial charge in [0.1, 0.15) is 5.82 Å². The van der Waals surface area contributed by atoms with Crippen molar-refractivity contribution in [2.45, 2.75) is 10.6 Å². The smallest absolute Gasteiger partial charge is 0.267 e. The lowest BCUT2D eigenvalue weighted by atomic mass is 10.1. The van der Waals surface area contributed by atoms with Crippen LogP contribution in [0.5, 0.6) is 0 Å². The lowest BCUT2D eigenvalue weighted by Crippen LogP contribution is -2.17. The van der Waals surface area contributed by atoms with E-state index in [0.717, 1.165) is 16.2 Å². The number of thioether (sulfide) groups is 1. The van der Waals surface area contributed by atoms with Crippen molar-refractivity contribution in [2.24, 2.45) is 5.10 Å². The van der Waals surface area contributed by atoms with Gasteiger partial charge in [0, 0.05) is 26.8 Å². The van der Waals surface area contributed by atoms with Crippen molar-refractivity contribution in [2.75, 3.05) is 0 Å². The molecule has 142 valence electrons. The third-order valence-electron chi connectivity index (χ3n) is 3.79. The van der Waals surface area contributed by atoms with E-state index < -0.39 is 5.82 Å². The molecular formula is C21H15Cl2FN2OS. The number of nitrogens with zero attached hydrogens (tertiary/aromatic N) is 1. The van der Waals surface area contributed by atoms with Crippen LogP contribution in [0.2, 0.25) is 10.0 Å². The summed E-state index contributed by atoms with van der Waals surface area (Å²) in [6, 6.07) is 19.2. The van der Waals surface area contributed by atoms with E-state index in [-0.39, 0.29) is 16.5 Å². The van der Waals surface area contributed by atoms with Gasteiger partial charge in [0.15, 0.2) is 0 Å². The van der Waals surface area contributed by atoms with E-state index in [2.05, 4.69) is 10.5 Å². The van der Waals surface area contributed by atoms with Crippen molar-refractivity contribution in [3.8, 4) is 0 Å². The van der Waals surface area contributed by atoms with Gasteiger partial charge < -0.3 is 0 Å². The van der Waals surface area contributed by atoms with Crippen LogP contribution in [0.15, 0.2) is 76.7 Å². The number of benzene rings is 3. The van der Waals surface area contributed by atoms with Crippen molar-refractivity contribution in [1.82, 2.24) is 5.43 Å². The number of halogens is 3. The van der Waals surface area contributed by atoms with E-state index in [0.29, 0.717) is 10.6 Å². The second-order valence-corrected chi connectivity index (χ2v) is 7.67. The maximum atomic E-state index is 13.7. The number of carbonyl (C=O) groups excluding carboxylic acids is 1. The summed E-state index contributed by atoms with van der Waals surface area (Å²) in [4.78, 5) is 13.3. The molecule has 7 heteroatoms. The number of hydrazone groups is 1. The van der Waals surface area contributed by atoms with Crippen LogP contribution in [0.25, 0.3) is 0 Å². The van der Waals surface area contributed by atoms with Crippen LogP contribution >= 0.6 is 35.0 Å². The number of hydrogen-bond donors (Lipinski definition) is 1. The summed E-state index contributed by atoms with van der Waals surface area (Å²) in [7, 11) is 0. The standard InChI is InChI=1S/C21H15Cl2FN2OS/c22-16-8-10-17(11-9-16)28-13-14-4-6-15(7-5-14)21(27)26-25-12-18-19(23)2-1-3-20(18)24/h1-12H,13H2,(H,26,27)/b25-12-. The molecule has 0 aliphatic rings. The van der Waals surface area contributed by atoms with Gasteiger partial charge in [-0.3, -0.25) is 4.79 Å². The molecule has 0 saturated heterocycles. The van der Waals surface area contributed by atoms with Crippen LogP contribution in [-0.2, 0) is 5.75 Å². The summed E-state index contributed by atoms with van der Waals surface area (Å²) in [6.07, 6.45) is 1.19. The topological polar surface area (TPSA) is 41.5 Å². The Labute approximate surface area is 176 Å². The average Bonchev–Trinajstić information content (AvgIpc) is 2.70. The minimum Gasteiger partial charge on any atom is -0.267 e. The Morgan fingerprint density at radius 2 is 1.75 bits per heavy atom. The number of rotatable bonds is 6. The molecule has 0 heterocycles. The summed E-state index contributed by atoms with van der Waals surface area (Å²) in [6.45, 7) is 0. The van der Waals surface area contributed by atoms with E-state index in [9.17, 15) is 9.18 Å². The first-order chi connectivity index (χ1) is 13.5. The number of amides is 1. The highest BCUT2D eigenvalue weighted by Gasteiger charge is 2.06. The van der Waals surface area contributed by atoms with Gasteiger partial charge in [0.2, 0.25) is 0 Å². The highest BCUT2D eigenvalue weighted by molar-refractivity contribution is 7.98. The zero-order valence-corrected chi connectivity index (χ0v) is 16.9. The van der Waals surface area contributed by atoms with E-state index in [1.165, 1.54) is 18.3 Å². The Bertz CT molecular complexity index is 972. The second-order valence-electron chi connectivity index (χ2n) is 5.77. The molecule has 0 fully saturated rings. The van der Waals surface area contributed by atoms with Crippen molar-refractivity contribution < 1.29 is 9.18 Å². The average molecular weight is 433 g/mol. The summed E-state index contributed by atoms with van der Waals surface area (Å²) < 4.78 is 13.7. The third kappa shape index (κ3) is 5.58. The van der Waals surface area contributed by atoms with E-state index in [4.69, 9.17) is 23.2 Å². The van der Waals surface area contributed by atoms with Crippen molar-refractivity contribution in [3.05, 3.63) is 99.3 Å². The number of hydrogen-bond acceptors (Lipinski definition) is 3. The fourth-order valence-corrected chi connectivity index (χ4v) is 3.50. The minimum atomic E-state index is -0.506. The molecule has 0 aliphatic carbocycles. The van der Waals surface area contributed by atoms with Crippen LogP contribution in [0.1, 0.15) is 21.5 Å². The van der Waals surface area contributed by atoms with Gasteiger partial charge in [-0.05, 0) is 54.1 Å². The Kier molecular flexibility index (Phi) is 7.09. The molecule has 3 aromatic carbocycles. The number of carbonyl (C=O) groups is 1. The van der Waals surface area contributed by atoms with Gasteiger partial charge in [-0.2, -0.15) is 5.10 Å². The molecule has 0 saturated carbocycles. The molecule has 3 aromatic rings. The van der Waals surface area contributed by atoms with Gasteiger partial charge in [-0.1, -0.05) is 41.4 Å². The molecule has 0 aliphatic heterocycles. The fourth-order valence-electron chi connectivity index (χ4n) is 2.30. The molecule has 3 rings (SSSR count). The summed E-state index contributed by atoms with van der Waals surface area (Å²) in [5.41, 5.74) is 4.03. The van der Waals surface area contributed by atoms with E-state index in [1.54, 1.807) is 30.0 Å². The van der Waals surface area contributed by atoms with Crippen molar-refractivity contribution in [3.63, 3.8) is 0 Å². The van der Waals surface area contributed by atoms with E-state index in [1.807, 2.05) is 36.4 Å². The van der Waals surface area contributed by atoms with E-state index >= 15 is 0 Å². The SMILES string of the molecule is O=C(N/N=C\c1c(F)cccc1Cl)c1ccc(CSc2ccc(Cl)cc2)cc1. The quantitative estimate of drug-likeness (QED) is 0.286.